The Bertz CT molecular complexity index is 714. The summed E-state index contributed by atoms with van der Waals surface area (Å²) < 4.78 is 5.42. The molecule has 3 heterocycles. The Balaban J connectivity index is 0.00000320. The van der Waals surface area contributed by atoms with E-state index in [2.05, 4.69) is 46.2 Å². The first kappa shape index (κ1) is 24.5. The fraction of sp³-hybridized carbons (Fsp3) is 0.565. The van der Waals surface area contributed by atoms with Gasteiger partial charge in [-0.05, 0) is 55.9 Å². The summed E-state index contributed by atoms with van der Waals surface area (Å²) in [4.78, 5) is 13.6. The molecule has 6 nitrogen and oxygen atoms in total. The summed E-state index contributed by atoms with van der Waals surface area (Å²) in [5.41, 5.74) is 1.30. The van der Waals surface area contributed by atoms with Gasteiger partial charge in [0.15, 0.2) is 5.96 Å². The zero-order valence-electron chi connectivity index (χ0n) is 18.3. The van der Waals surface area contributed by atoms with Crippen molar-refractivity contribution in [2.45, 2.75) is 39.0 Å². The smallest absolute Gasteiger partial charge is 0.193 e. The number of anilines is 1. The zero-order valence-corrected chi connectivity index (χ0v) is 20.6. The number of hydrogen-bond donors (Lipinski definition) is 1. The molecule has 0 bridgehead atoms. The highest BCUT2D eigenvalue weighted by molar-refractivity contribution is 14.0. The molecule has 3 rings (SSSR count). The molecule has 1 saturated heterocycles. The lowest BCUT2D eigenvalue weighted by atomic mass is 9.93. The number of aromatic nitrogens is 1. The number of piperidine rings is 1. The van der Waals surface area contributed by atoms with E-state index in [0.29, 0.717) is 0 Å². The van der Waals surface area contributed by atoms with E-state index in [1.807, 2.05) is 24.5 Å². The number of pyridine rings is 1. The van der Waals surface area contributed by atoms with Crippen LogP contribution in [0.2, 0.25) is 0 Å². The van der Waals surface area contributed by atoms with E-state index >= 15 is 0 Å². The van der Waals surface area contributed by atoms with Gasteiger partial charge >= 0.3 is 0 Å². The van der Waals surface area contributed by atoms with Crippen molar-refractivity contribution in [1.82, 2.24) is 15.2 Å². The summed E-state index contributed by atoms with van der Waals surface area (Å²) in [6, 6.07) is 8.18. The molecule has 7 heteroatoms. The van der Waals surface area contributed by atoms with Crippen LogP contribution >= 0.6 is 24.0 Å². The Labute approximate surface area is 198 Å². The monoisotopic (exact) mass is 525 g/mol. The molecule has 0 amide bonds. The molecular formula is C23H36IN5O. The zero-order chi connectivity index (χ0) is 20.3. The molecule has 166 valence electrons. The van der Waals surface area contributed by atoms with Gasteiger partial charge in [0.1, 0.15) is 5.76 Å². The highest BCUT2D eigenvalue weighted by Gasteiger charge is 2.20. The quantitative estimate of drug-likeness (QED) is 0.298. The van der Waals surface area contributed by atoms with E-state index in [-0.39, 0.29) is 24.0 Å². The minimum absolute atomic E-state index is 0. The molecule has 1 N–H and O–H groups in total. The van der Waals surface area contributed by atoms with Crippen molar-refractivity contribution in [1.29, 1.82) is 0 Å². The van der Waals surface area contributed by atoms with Crippen LogP contribution in [0.3, 0.4) is 0 Å². The van der Waals surface area contributed by atoms with E-state index in [4.69, 9.17) is 9.41 Å². The van der Waals surface area contributed by atoms with Crippen LogP contribution in [0.5, 0.6) is 0 Å². The fourth-order valence-electron chi connectivity index (χ4n) is 3.80. The Hall–Kier alpha value is -1.77. The second-order valence-corrected chi connectivity index (χ2v) is 7.81. The van der Waals surface area contributed by atoms with E-state index in [1.54, 1.807) is 6.26 Å². The van der Waals surface area contributed by atoms with Crippen molar-refractivity contribution in [3.63, 3.8) is 0 Å². The average Bonchev–Trinajstić information content (AvgIpc) is 3.29. The molecule has 0 radical (unpaired) electrons. The fourth-order valence-corrected chi connectivity index (χ4v) is 3.80. The summed E-state index contributed by atoms with van der Waals surface area (Å²) in [6.07, 6.45) is 11.1. The molecule has 1 fully saturated rings. The summed E-state index contributed by atoms with van der Waals surface area (Å²) in [6.45, 7) is 7.17. The van der Waals surface area contributed by atoms with Crippen LogP contribution in [-0.4, -0.2) is 55.6 Å². The molecule has 30 heavy (non-hydrogen) atoms. The predicted octanol–water partition coefficient (Wildman–Crippen LogP) is 4.43. The summed E-state index contributed by atoms with van der Waals surface area (Å²) >= 11 is 0. The highest BCUT2D eigenvalue weighted by atomic mass is 127. The minimum Gasteiger partial charge on any atom is -0.469 e. The number of rotatable bonds is 9. The molecule has 0 aliphatic carbocycles. The molecule has 1 aliphatic rings. The third kappa shape index (κ3) is 7.81. The van der Waals surface area contributed by atoms with Gasteiger partial charge < -0.3 is 19.5 Å². The number of furan rings is 1. The van der Waals surface area contributed by atoms with Gasteiger partial charge in [-0.2, -0.15) is 0 Å². The number of halogens is 1. The van der Waals surface area contributed by atoms with Crippen molar-refractivity contribution in [3.05, 3.63) is 48.7 Å². The minimum atomic E-state index is 0. The molecule has 0 atom stereocenters. The lowest BCUT2D eigenvalue weighted by Gasteiger charge is -2.34. The van der Waals surface area contributed by atoms with Crippen LogP contribution in [0.15, 0.2) is 52.3 Å². The number of guanidine groups is 1. The molecule has 2 aromatic heterocycles. The van der Waals surface area contributed by atoms with Gasteiger partial charge in [-0.15, -0.1) is 24.0 Å². The van der Waals surface area contributed by atoms with Crippen molar-refractivity contribution < 1.29 is 4.42 Å². The molecule has 0 aromatic carbocycles. The molecule has 2 aromatic rings. The number of aliphatic imine (C=N–C) groups is 1. The maximum atomic E-state index is 5.42. The largest absolute Gasteiger partial charge is 0.469 e. The third-order valence-electron chi connectivity index (χ3n) is 5.60. The van der Waals surface area contributed by atoms with E-state index in [0.717, 1.165) is 63.2 Å². The highest BCUT2D eigenvalue weighted by Crippen LogP contribution is 2.24. The molecule has 1 aliphatic heterocycles. The maximum absolute atomic E-state index is 5.42. The number of nitrogens with one attached hydrogen (secondary N) is 1. The second-order valence-electron chi connectivity index (χ2n) is 7.81. The first-order chi connectivity index (χ1) is 14.3. The van der Waals surface area contributed by atoms with E-state index in [9.17, 15) is 0 Å². The second kappa shape index (κ2) is 13.5. The Morgan fingerprint density at radius 3 is 2.70 bits per heavy atom. The molecular weight excluding hydrogens is 489 g/mol. The van der Waals surface area contributed by atoms with E-state index < -0.39 is 0 Å². The van der Waals surface area contributed by atoms with Crippen LogP contribution in [0.4, 0.5) is 5.69 Å². The van der Waals surface area contributed by atoms with E-state index in [1.165, 1.54) is 24.9 Å². The van der Waals surface area contributed by atoms with Crippen LogP contribution < -0.4 is 10.2 Å². The Morgan fingerprint density at radius 2 is 2.03 bits per heavy atom. The first-order valence-electron chi connectivity index (χ1n) is 10.9. The van der Waals surface area contributed by atoms with Crippen molar-refractivity contribution in [2.24, 2.45) is 10.9 Å². The van der Waals surface area contributed by atoms with Crippen molar-refractivity contribution in [2.75, 3.05) is 44.7 Å². The normalized spacial score (nSPS) is 15.0. The van der Waals surface area contributed by atoms with Gasteiger partial charge in [-0.3, -0.25) is 9.98 Å². The topological polar surface area (TPSA) is 56.9 Å². The van der Waals surface area contributed by atoms with Crippen LogP contribution in [-0.2, 0) is 6.42 Å². The van der Waals surface area contributed by atoms with Crippen molar-refractivity contribution >= 4 is 35.6 Å². The summed E-state index contributed by atoms with van der Waals surface area (Å²) in [7, 11) is 2.15. The predicted molar refractivity (Wildman–Crippen MR) is 135 cm³/mol. The number of nitrogens with zero attached hydrogens (tertiary/aromatic N) is 4. The summed E-state index contributed by atoms with van der Waals surface area (Å²) in [5, 5.41) is 3.51. The van der Waals surface area contributed by atoms with Gasteiger partial charge in [0.2, 0.25) is 0 Å². The van der Waals surface area contributed by atoms with Crippen LogP contribution in [0.1, 0.15) is 38.4 Å². The molecule has 0 saturated carbocycles. The molecule has 0 unspecified atom stereocenters. The van der Waals surface area contributed by atoms with Gasteiger partial charge in [0, 0.05) is 64.3 Å². The maximum Gasteiger partial charge on any atom is 0.193 e. The average molecular weight is 525 g/mol. The van der Waals surface area contributed by atoms with Gasteiger partial charge in [-0.25, -0.2) is 0 Å². The van der Waals surface area contributed by atoms with Gasteiger partial charge in [0.05, 0.1) is 6.26 Å². The molecule has 0 spiro atoms. The SMILES string of the molecule is CCCN=C(NCCc1ccco1)N(C)CCC1CCN(c2ccncc2)CC1.I. The Kier molecular flexibility index (Phi) is 11.0. The van der Waals surface area contributed by atoms with Crippen LogP contribution in [0, 0.1) is 5.92 Å². The number of hydrogen-bond acceptors (Lipinski definition) is 4. The third-order valence-corrected chi connectivity index (χ3v) is 5.60. The van der Waals surface area contributed by atoms with Crippen molar-refractivity contribution in [3.8, 4) is 0 Å². The standard InChI is InChI=1S/C23H35N5O.HI/c1-3-12-25-23(26-15-8-22-5-4-19-29-22)27(2)16-9-20-10-17-28(18-11-20)21-6-13-24-14-7-21;/h4-7,13-14,19-20H,3,8-12,15-18H2,1-2H3,(H,25,26);1H. The lowest BCUT2D eigenvalue weighted by molar-refractivity contribution is 0.338. The van der Waals surface area contributed by atoms with Gasteiger partial charge in [-0.1, -0.05) is 6.92 Å². The van der Waals surface area contributed by atoms with Crippen LogP contribution in [0.25, 0.3) is 0 Å². The lowest BCUT2D eigenvalue weighted by Crippen LogP contribution is -2.41. The summed E-state index contributed by atoms with van der Waals surface area (Å²) in [5.74, 6) is 2.80. The van der Waals surface area contributed by atoms with Gasteiger partial charge in [0.25, 0.3) is 0 Å². The first-order valence-corrected chi connectivity index (χ1v) is 10.9. The Morgan fingerprint density at radius 1 is 1.27 bits per heavy atom.